The van der Waals surface area contributed by atoms with Crippen LogP contribution in [0.4, 0.5) is 0 Å². The number of aldehydes is 1. The molecule has 0 atom stereocenters. The van der Waals surface area contributed by atoms with Crippen molar-refractivity contribution < 1.29 is 33.3 Å². The van der Waals surface area contributed by atoms with Crippen LogP contribution in [0.5, 0.6) is 0 Å². The van der Waals surface area contributed by atoms with Crippen LogP contribution in [0.25, 0.3) is 0 Å². The molecule has 0 N–H and O–H groups in total. The minimum atomic E-state index is -0.0894. The standard InChI is InChI=1S/C17H22O3.C16H20O3.C4H8O.2CH4/c1-19-12-11-14-7-9-16(10-8-14)17(18)20-13-15-5-3-2-4-6-15;17-11-10-13-6-8-15(9-7-13)16(18)19-12-14-4-2-1-3-5-14;1-2-4-5-3-1;;/h2-6,11-12,14,16H,7-10,13H2,1H3;1-5,11,13,15H,6-10,12H2;1-4H2;2*1H4/b12-11+;;;;. The third kappa shape index (κ3) is 16.2. The molecular formula is C39H58O7. The lowest BCUT2D eigenvalue weighted by molar-refractivity contribution is -0.152. The lowest BCUT2D eigenvalue weighted by Gasteiger charge is -2.25. The predicted molar refractivity (Wildman–Crippen MR) is 184 cm³/mol. The third-order valence-electron chi connectivity index (χ3n) is 8.48. The highest BCUT2D eigenvalue weighted by atomic mass is 16.5. The summed E-state index contributed by atoms with van der Waals surface area (Å²) in [5.41, 5.74) is 2.06. The zero-order chi connectivity index (χ0) is 31.2. The molecule has 1 heterocycles. The Morgan fingerprint density at radius 1 is 0.717 bits per heavy atom. The minimum absolute atomic E-state index is 0. The SMILES string of the molecule is C.C.C1CCOC1.CO/C=C/C1CCC(C(=O)OCc2ccccc2)CC1.O=CCC1CCC(C(=O)OCc2ccccc2)CC1. The van der Waals surface area contributed by atoms with Crippen LogP contribution in [-0.4, -0.2) is 38.5 Å². The van der Waals surface area contributed by atoms with Gasteiger partial charge in [0.1, 0.15) is 19.5 Å². The zero-order valence-corrected chi connectivity index (χ0v) is 26.3. The minimum Gasteiger partial charge on any atom is -0.505 e. The number of rotatable bonds is 10. The molecule has 3 aliphatic rings. The fourth-order valence-corrected chi connectivity index (χ4v) is 5.71. The molecule has 2 aromatic rings. The number of allylic oxidation sites excluding steroid dienone is 1. The summed E-state index contributed by atoms with van der Waals surface area (Å²) in [6.07, 6.45) is 15.5. The maximum Gasteiger partial charge on any atom is 0.309 e. The van der Waals surface area contributed by atoms with Crippen LogP contribution in [0.3, 0.4) is 0 Å². The maximum atomic E-state index is 12.0. The van der Waals surface area contributed by atoms with Crippen molar-refractivity contribution in [2.24, 2.45) is 23.7 Å². The zero-order valence-electron chi connectivity index (χ0n) is 26.3. The molecule has 7 nitrogen and oxygen atoms in total. The van der Waals surface area contributed by atoms with Gasteiger partial charge in [-0.15, -0.1) is 0 Å². The van der Waals surface area contributed by atoms with E-state index in [1.54, 1.807) is 13.4 Å². The molecule has 1 aliphatic heterocycles. The van der Waals surface area contributed by atoms with Crippen molar-refractivity contribution in [3.8, 4) is 0 Å². The van der Waals surface area contributed by atoms with E-state index in [0.29, 0.717) is 31.5 Å². The molecule has 2 aromatic carbocycles. The molecule has 46 heavy (non-hydrogen) atoms. The van der Waals surface area contributed by atoms with Crippen LogP contribution in [0.15, 0.2) is 73.0 Å². The van der Waals surface area contributed by atoms with Crippen LogP contribution in [0.1, 0.15) is 96.6 Å². The second-order valence-electron chi connectivity index (χ2n) is 11.8. The van der Waals surface area contributed by atoms with Gasteiger partial charge in [-0.2, -0.15) is 0 Å². The van der Waals surface area contributed by atoms with Gasteiger partial charge in [-0.25, -0.2) is 0 Å². The van der Waals surface area contributed by atoms with Gasteiger partial charge in [-0.05, 0) is 93.2 Å². The largest absolute Gasteiger partial charge is 0.505 e. The number of methoxy groups -OCH3 is 1. The third-order valence-corrected chi connectivity index (χ3v) is 8.48. The number of hydrogen-bond acceptors (Lipinski definition) is 7. The van der Waals surface area contributed by atoms with Crippen LogP contribution < -0.4 is 0 Å². The van der Waals surface area contributed by atoms with Crippen molar-refractivity contribution in [1.29, 1.82) is 0 Å². The number of carbonyl (C=O) groups excluding carboxylic acids is 3. The van der Waals surface area contributed by atoms with Crippen LogP contribution in [0, 0.1) is 23.7 Å². The summed E-state index contributed by atoms with van der Waals surface area (Å²) < 4.78 is 20.6. The lowest BCUT2D eigenvalue weighted by Crippen LogP contribution is -2.23. The van der Waals surface area contributed by atoms with E-state index in [-0.39, 0.29) is 38.6 Å². The Hall–Kier alpha value is -3.45. The highest BCUT2D eigenvalue weighted by Gasteiger charge is 2.27. The molecule has 0 radical (unpaired) electrons. The molecule has 256 valence electrons. The monoisotopic (exact) mass is 638 g/mol. The van der Waals surface area contributed by atoms with Crippen LogP contribution >= 0.6 is 0 Å². The highest BCUT2D eigenvalue weighted by molar-refractivity contribution is 5.73. The van der Waals surface area contributed by atoms with Gasteiger partial charge in [0.25, 0.3) is 0 Å². The lowest BCUT2D eigenvalue weighted by atomic mass is 9.81. The fraction of sp³-hybridized carbons (Fsp3) is 0.564. The van der Waals surface area contributed by atoms with E-state index >= 15 is 0 Å². The number of hydrogen-bond donors (Lipinski definition) is 0. The van der Waals surface area contributed by atoms with Gasteiger partial charge in [0, 0.05) is 19.6 Å². The molecule has 0 bridgehead atoms. The summed E-state index contributed by atoms with van der Waals surface area (Å²) in [4.78, 5) is 34.4. The molecule has 0 unspecified atom stereocenters. The number of esters is 2. The Morgan fingerprint density at radius 3 is 1.57 bits per heavy atom. The molecule has 5 rings (SSSR count). The summed E-state index contributed by atoms with van der Waals surface area (Å²) in [6, 6.07) is 19.5. The quantitative estimate of drug-likeness (QED) is 0.146. The summed E-state index contributed by atoms with van der Waals surface area (Å²) in [6.45, 7) is 2.73. The van der Waals surface area contributed by atoms with Gasteiger partial charge in [0.05, 0.1) is 25.2 Å². The van der Waals surface area contributed by atoms with Crippen LogP contribution in [0.2, 0.25) is 0 Å². The second-order valence-corrected chi connectivity index (χ2v) is 11.8. The van der Waals surface area contributed by atoms with Crippen molar-refractivity contribution >= 4 is 18.2 Å². The van der Waals surface area contributed by atoms with E-state index < -0.39 is 0 Å². The second kappa shape index (κ2) is 24.7. The van der Waals surface area contributed by atoms with Gasteiger partial charge in [0.2, 0.25) is 0 Å². The van der Waals surface area contributed by atoms with E-state index in [9.17, 15) is 14.4 Å². The average Bonchev–Trinajstić information content (AvgIpc) is 3.68. The molecule has 0 spiro atoms. The van der Waals surface area contributed by atoms with E-state index in [1.807, 2.05) is 60.7 Å². The fourth-order valence-electron chi connectivity index (χ4n) is 5.71. The number of ether oxygens (including phenoxy) is 4. The first kappa shape index (κ1) is 40.6. The Balaban J connectivity index is 0.000000384. The maximum absolute atomic E-state index is 12.0. The summed E-state index contributed by atoms with van der Waals surface area (Å²) in [7, 11) is 1.66. The molecule has 2 saturated carbocycles. The van der Waals surface area contributed by atoms with Crippen molar-refractivity contribution in [2.75, 3.05) is 20.3 Å². The Kier molecular flexibility index (Phi) is 21.8. The number of carbonyl (C=O) groups is 3. The van der Waals surface area contributed by atoms with Gasteiger partial charge < -0.3 is 23.7 Å². The molecule has 3 fully saturated rings. The molecular weight excluding hydrogens is 580 g/mol. The summed E-state index contributed by atoms with van der Waals surface area (Å²) in [5, 5.41) is 0. The predicted octanol–water partition coefficient (Wildman–Crippen LogP) is 8.89. The van der Waals surface area contributed by atoms with E-state index in [2.05, 4.69) is 6.08 Å². The molecule has 1 saturated heterocycles. The first-order valence-electron chi connectivity index (χ1n) is 16.2. The van der Waals surface area contributed by atoms with Crippen molar-refractivity contribution in [3.05, 3.63) is 84.1 Å². The van der Waals surface area contributed by atoms with Crippen molar-refractivity contribution in [3.63, 3.8) is 0 Å². The summed E-state index contributed by atoms with van der Waals surface area (Å²) >= 11 is 0. The Labute approximate surface area is 278 Å². The van der Waals surface area contributed by atoms with Crippen molar-refractivity contribution in [1.82, 2.24) is 0 Å². The van der Waals surface area contributed by atoms with Gasteiger partial charge in [-0.3, -0.25) is 9.59 Å². The number of benzene rings is 2. The average molecular weight is 639 g/mol. The first-order chi connectivity index (χ1) is 21.6. The molecule has 2 aliphatic carbocycles. The normalized spacial score (nSPS) is 21.8. The van der Waals surface area contributed by atoms with E-state index in [4.69, 9.17) is 18.9 Å². The van der Waals surface area contributed by atoms with Gasteiger partial charge >= 0.3 is 11.9 Å². The highest BCUT2D eigenvalue weighted by Crippen LogP contribution is 2.32. The molecule has 0 amide bonds. The van der Waals surface area contributed by atoms with Crippen LogP contribution in [-0.2, 0) is 46.5 Å². The summed E-state index contributed by atoms with van der Waals surface area (Å²) in [5.74, 6) is 0.942. The van der Waals surface area contributed by atoms with E-state index in [0.717, 1.165) is 82.0 Å². The Bertz CT molecular complexity index is 1070. The van der Waals surface area contributed by atoms with Gasteiger partial charge in [0.15, 0.2) is 0 Å². The van der Waals surface area contributed by atoms with Gasteiger partial charge in [-0.1, -0.05) is 75.5 Å². The smallest absolute Gasteiger partial charge is 0.309 e. The molecule has 7 heteroatoms. The Morgan fingerprint density at radius 2 is 1.17 bits per heavy atom. The van der Waals surface area contributed by atoms with E-state index in [1.165, 1.54) is 12.8 Å². The first-order valence-corrected chi connectivity index (χ1v) is 16.2. The topological polar surface area (TPSA) is 88.1 Å². The van der Waals surface area contributed by atoms with Crippen molar-refractivity contribution in [2.45, 2.75) is 98.7 Å². The molecule has 0 aromatic heterocycles.